The Morgan fingerprint density at radius 2 is 2.37 bits per heavy atom. The zero-order valence-electron chi connectivity index (χ0n) is 10.4. The van der Waals surface area contributed by atoms with Gasteiger partial charge in [-0.3, -0.25) is 4.79 Å². The standard InChI is InChI=1S/C12H16IN3O2S/c13-10-4-9(7-19-10)11(17)16-3-1-2-8(6-16)5-15-12(14)18/h4,7-8H,1-3,5-6H2,(H3,14,15,18). The largest absolute Gasteiger partial charge is 0.352 e. The minimum atomic E-state index is -0.504. The fourth-order valence-corrected chi connectivity index (χ4v) is 3.59. The Hall–Kier alpha value is -0.830. The normalized spacial score (nSPS) is 19.2. The first-order valence-electron chi connectivity index (χ1n) is 6.13. The summed E-state index contributed by atoms with van der Waals surface area (Å²) >= 11 is 3.79. The van der Waals surface area contributed by atoms with E-state index in [1.165, 1.54) is 0 Å². The lowest BCUT2D eigenvalue weighted by atomic mass is 9.97. The Morgan fingerprint density at radius 1 is 1.58 bits per heavy atom. The topological polar surface area (TPSA) is 75.4 Å². The second kappa shape index (κ2) is 6.56. The molecule has 19 heavy (non-hydrogen) atoms. The van der Waals surface area contributed by atoms with Crippen LogP contribution in [0.25, 0.3) is 0 Å². The minimum Gasteiger partial charge on any atom is -0.352 e. The smallest absolute Gasteiger partial charge is 0.312 e. The van der Waals surface area contributed by atoms with E-state index in [-0.39, 0.29) is 5.91 Å². The summed E-state index contributed by atoms with van der Waals surface area (Å²) in [5.74, 6) is 0.380. The molecule has 1 unspecified atom stereocenters. The van der Waals surface area contributed by atoms with Crippen LogP contribution in [0.1, 0.15) is 23.2 Å². The van der Waals surface area contributed by atoms with Crippen LogP contribution in [-0.2, 0) is 0 Å². The highest BCUT2D eigenvalue weighted by Gasteiger charge is 2.25. The summed E-state index contributed by atoms with van der Waals surface area (Å²) in [6.07, 6.45) is 1.99. The van der Waals surface area contributed by atoms with Gasteiger partial charge < -0.3 is 16.0 Å². The number of nitrogens with zero attached hydrogens (tertiary/aromatic N) is 1. The monoisotopic (exact) mass is 393 g/mol. The van der Waals surface area contributed by atoms with E-state index in [4.69, 9.17) is 5.73 Å². The summed E-state index contributed by atoms with van der Waals surface area (Å²) in [6.45, 7) is 2.02. The van der Waals surface area contributed by atoms with Gasteiger partial charge in [-0.2, -0.15) is 0 Å². The number of amides is 3. The van der Waals surface area contributed by atoms with Crippen molar-refractivity contribution in [3.63, 3.8) is 0 Å². The summed E-state index contributed by atoms with van der Waals surface area (Å²) in [4.78, 5) is 24.9. The van der Waals surface area contributed by atoms with E-state index in [0.717, 1.165) is 27.8 Å². The molecule has 1 aliphatic heterocycles. The molecule has 0 aliphatic carbocycles. The van der Waals surface area contributed by atoms with E-state index in [9.17, 15) is 9.59 Å². The molecule has 1 fully saturated rings. The molecule has 0 radical (unpaired) electrons. The zero-order valence-corrected chi connectivity index (χ0v) is 13.4. The van der Waals surface area contributed by atoms with Gasteiger partial charge in [0.2, 0.25) is 0 Å². The predicted octanol–water partition coefficient (Wildman–Crippen LogP) is 1.87. The highest BCUT2D eigenvalue weighted by molar-refractivity contribution is 14.1. The van der Waals surface area contributed by atoms with Crippen LogP contribution in [0.4, 0.5) is 4.79 Å². The number of primary amides is 1. The number of piperidine rings is 1. The van der Waals surface area contributed by atoms with Gasteiger partial charge in [0.25, 0.3) is 5.91 Å². The van der Waals surface area contributed by atoms with Gasteiger partial charge in [-0.1, -0.05) is 0 Å². The van der Waals surface area contributed by atoms with Crippen molar-refractivity contribution in [2.45, 2.75) is 12.8 Å². The van der Waals surface area contributed by atoms with Gasteiger partial charge in [-0.15, -0.1) is 11.3 Å². The maximum atomic E-state index is 12.3. The van der Waals surface area contributed by atoms with E-state index in [1.54, 1.807) is 11.3 Å². The quantitative estimate of drug-likeness (QED) is 0.770. The van der Waals surface area contributed by atoms with Gasteiger partial charge in [0.05, 0.1) is 8.45 Å². The average Bonchev–Trinajstić information content (AvgIpc) is 2.82. The molecule has 3 amide bonds. The fourth-order valence-electron chi connectivity index (χ4n) is 2.27. The average molecular weight is 393 g/mol. The van der Waals surface area contributed by atoms with Gasteiger partial charge in [-0.05, 0) is 47.4 Å². The molecular formula is C12H16IN3O2S. The SMILES string of the molecule is NC(=O)NCC1CCCN(C(=O)c2csc(I)c2)C1. The van der Waals surface area contributed by atoms with Crippen molar-refractivity contribution in [1.82, 2.24) is 10.2 Å². The number of carbonyl (C=O) groups excluding carboxylic acids is 2. The van der Waals surface area contributed by atoms with Crippen molar-refractivity contribution < 1.29 is 9.59 Å². The number of rotatable bonds is 3. The van der Waals surface area contributed by atoms with E-state index < -0.39 is 6.03 Å². The molecule has 1 atom stereocenters. The number of likely N-dealkylation sites (tertiary alicyclic amines) is 1. The first-order valence-corrected chi connectivity index (χ1v) is 8.08. The number of thiophene rings is 1. The molecule has 0 saturated carbocycles. The molecule has 1 saturated heterocycles. The maximum Gasteiger partial charge on any atom is 0.312 e. The maximum absolute atomic E-state index is 12.3. The first kappa shape index (κ1) is 14.6. The second-order valence-corrected chi connectivity index (χ2v) is 7.45. The highest BCUT2D eigenvalue weighted by Crippen LogP contribution is 2.21. The Morgan fingerprint density at radius 3 is 3.00 bits per heavy atom. The molecule has 1 aromatic rings. The van der Waals surface area contributed by atoms with Crippen LogP contribution in [0.3, 0.4) is 0 Å². The molecule has 1 aromatic heterocycles. The number of urea groups is 1. The number of hydrogen-bond acceptors (Lipinski definition) is 3. The van der Waals surface area contributed by atoms with E-state index in [0.29, 0.717) is 19.0 Å². The molecule has 2 heterocycles. The lowest BCUT2D eigenvalue weighted by Gasteiger charge is -2.32. The minimum absolute atomic E-state index is 0.0861. The molecule has 5 nitrogen and oxygen atoms in total. The molecule has 3 N–H and O–H groups in total. The Bertz CT molecular complexity index is 477. The summed E-state index contributed by atoms with van der Waals surface area (Å²) in [5, 5.41) is 4.52. The van der Waals surface area contributed by atoms with Crippen molar-refractivity contribution in [1.29, 1.82) is 0 Å². The van der Waals surface area contributed by atoms with Crippen LogP contribution >= 0.6 is 33.9 Å². The Labute approximate surface area is 129 Å². The fraction of sp³-hybridized carbons (Fsp3) is 0.500. The molecule has 0 spiro atoms. The third-order valence-corrected chi connectivity index (χ3v) is 4.97. The third-order valence-electron chi connectivity index (χ3n) is 3.19. The third kappa shape index (κ3) is 4.07. The van der Waals surface area contributed by atoms with E-state index in [1.807, 2.05) is 16.3 Å². The molecule has 7 heteroatoms. The summed E-state index contributed by atoms with van der Waals surface area (Å²) in [5.41, 5.74) is 5.83. The molecular weight excluding hydrogens is 377 g/mol. The summed E-state index contributed by atoms with van der Waals surface area (Å²) in [7, 11) is 0. The van der Waals surface area contributed by atoms with Gasteiger partial charge in [0.15, 0.2) is 0 Å². The number of hydrogen-bond donors (Lipinski definition) is 2. The molecule has 1 aliphatic rings. The Balaban J connectivity index is 1.93. The summed E-state index contributed by atoms with van der Waals surface area (Å²) in [6, 6.07) is 1.41. The van der Waals surface area contributed by atoms with Crippen molar-refractivity contribution >= 4 is 45.9 Å². The Kier molecular flexibility index (Phi) is 5.03. The summed E-state index contributed by atoms with van der Waals surface area (Å²) < 4.78 is 1.12. The van der Waals surface area contributed by atoms with Crippen molar-refractivity contribution in [2.24, 2.45) is 11.7 Å². The highest BCUT2D eigenvalue weighted by atomic mass is 127. The molecule has 104 valence electrons. The van der Waals surface area contributed by atoms with Gasteiger partial charge in [0, 0.05) is 25.0 Å². The van der Waals surface area contributed by atoms with Crippen molar-refractivity contribution in [2.75, 3.05) is 19.6 Å². The molecule has 0 bridgehead atoms. The number of nitrogens with two attached hydrogens (primary N) is 1. The zero-order chi connectivity index (χ0) is 13.8. The van der Waals surface area contributed by atoms with Crippen LogP contribution in [0.2, 0.25) is 0 Å². The van der Waals surface area contributed by atoms with Crippen molar-refractivity contribution in [3.05, 3.63) is 19.9 Å². The van der Waals surface area contributed by atoms with Gasteiger partial charge in [-0.25, -0.2) is 4.79 Å². The lowest BCUT2D eigenvalue weighted by molar-refractivity contribution is 0.0675. The number of nitrogens with one attached hydrogen (secondary N) is 1. The van der Waals surface area contributed by atoms with Crippen molar-refractivity contribution in [3.8, 4) is 0 Å². The van der Waals surface area contributed by atoms with Gasteiger partial charge >= 0.3 is 6.03 Å². The molecule has 0 aromatic carbocycles. The van der Waals surface area contributed by atoms with Crippen LogP contribution in [0.15, 0.2) is 11.4 Å². The number of carbonyl (C=O) groups is 2. The first-order chi connectivity index (χ1) is 9.06. The van der Waals surface area contributed by atoms with E-state index >= 15 is 0 Å². The number of halogens is 1. The van der Waals surface area contributed by atoms with Crippen LogP contribution in [-0.4, -0.2) is 36.5 Å². The van der Waals surface area contributed by atoms with Crippen LogP contribution in [0, 0.1) is 8.80 Å². The lowest BCUT2D eigenvalue weighted by Crippen LogP contribution is -2.44. The van der Waals surface area contributed by atoms with Gasteiger partial charge in [0.1, 0.15) is 0 Å². The second-order valence-electron chi connectivity index (χ2n) is 4.64. The van der Waals surface area contributed by atoms with Crippen LogP contribution in [0.5, 0.6) is 0 Å². The predicted molar refractivity (Wildman–Crippen MR) is 83.2 cm³/mol. The van der Waals surface area contributed by atoms with Crippen LogP contribution < -0.4 is 11.1 Å². The van der Waals surface area contributed by atoms with E-state index in [2.05, 4.69) is 27.9 Å². The molecule has 2 rings (SSSR count).